The minimum Gasteiger partial charge on any atom is -0.465 e. The Hall–Kier alpha value is -3.08. The fraction of sp³-hybridized carbons (Fsp3) is 0.500. The molecule has 0 aromatic heterocycles. The summed E-state index contributed by atoms with van der Waals surface area (Å²) in [6, 6.07) is 7.16. The van der Waals surface area contributed by atoms with Gasteiger partial charge in [0.2, 0.25) is 17.7 Å². The molecule has 1 heterocycles. The van der Waals surface area contributed by atoms with Crippen LogP contribution >= 0.6 is 11.8 Å². The molecule has 11 heteroatoms. The predicted octanol–water partition coefficient (Wildman–Crippen LogP) is 2.17. The highest BCUT2D eigenvalue weighted by molar-refractivity contribution is 8.15. The van der Waals surface area contributed by atoms with Gasteiger partial charge in [0.05, 0.1) is 11.4 Å². The van der Waals surface area contributed by atoms with Crippen LogP contribution in [-0.2, 0) is 14.4 Å². The second-order valence-corrected chi connectivity index (χ2v) is 9.62. The molecule has 0 spiro atoms. The first kappa shape index (κ1) is 26.2. The number of amidine groups is 1. The highest BCUT2D eigenvalue weighted by atomic mass is 32.2. The Morgan fingerprint density at radius 3 is 2.45 bits per heavy atom. The van der Waals surface area contributed by atoms with Crippen molar-refractivity contribution in [3.63, 3.8) is 0 Å². The number of carbonyl (C=O) groups is 4. The molecule has 2 rings (SSSR count). The molecule has 4 amide bonds. The number of nitrogens with zero attached hydrogens (tertiary/aromatic N) is 3. The summed E-state index contributed by atoms with van der Waals surface area (Å²) in [4.78, 5) is 56.1. The maximum Gasteiger partial charge on any atom is 0.407 e. The Bertz CT molecular complexity index is 916. The van der Waals surface area contributed by atoms with Crippen LogP contribution in [0.2, 0.25) is 0 Å². The molecule has 1 aliphatic heterocycles. The number of hydrogen-bond acceptors (Lipinski definition) is 6. The molecule has 10 nitrogen and oxygen atoms in total. The van der Waals surface area contributed by atoms with E-state index in [1.807, 2.05) is 18.2 Å². The molecule has 1 saturated heterocycles. The van der Waals surface area contributed by atoms with Crippen LogP contribution in [-0.4, -0.2) is 73.8 Å². The monoisotopic (exact) mass is 477 g/mol. The molecule has 4 N–H and O–H groups in total. The number of para-hydroxylation sites is 1. The van der Waals surface area contributed by atoms with E-state index in [-0.39, 0.29) is 24.6 Å². The molecule has 33 heavy (non-hydrogen) atoms. The molecule has 0 bridgehead atoms. The van der Waals surface area contributed by atoms with Gasteiger partial charge in [0.1, 0.15) is 12.1 Å². The van der Waals surface area contributed by atoms with Gasteiger partial charge in [-0.05, 0) is 52.7 Å². The van der Waals surface area contributed by atoms with Gasteiger partial charge >= 0.3 is 6.09 Å². The first-order valence-electron chi connectivity index (χ1n) is 10.6. The quantitative estimate of drug-likeness (QED) is 0.497. The van der Waals surface area contributed by atoms with Crippen LogP contribution in [0, 0.1) is 0 Å². The minimum absolute atomic E-state index is 0.129. The van der Waals surface area contributed by atoms with Gasteiger partial charge in [-0.25, -0.2) is 9.79 Å². The van der Waals surface area contributed by atoms with Crippen LogP contribution in [0.25, 0.3) is 0 Å². The fourth-order valence-electron chi connectivity index (χ4n) is 3.30. The molecule has 0 radical (unpaired) electrons. The zero-order chi connectivity index (χ0) is 24.8. The number of benzene rings is 1. The number of carboxylic acid groups (broad SMARTS) is 1. The zero-order valence-electron chi connectivity index (χ0n) is 19.3. The molecule has 1 aromatic carbocycles. The summed E-state index contributed by atoms with van der Waals surface area (Å²) in [5.41, 5.74) is 5.29. The predicted molar refractivity (Wildman–Crippen MR) is 127 cm³/mol. The van der Waals surface area contributed by atoms with E-state index in [0.717, 1.165) is 0 Å². The summed E-state index contributed by atoms with van der Waals surface area (Å²) >= 11 is 1.22. The number of amides is 4. The fourth-order valence-corrected chi connectivity index (χ4v) is 4.23. The number of nitrogens with two attached hydrogens (primary N) is 1. The van der Waals surface area contributed by atoms with Crippen molar-refractivity contribution in [2.24, 2.45) is 10.7 Å². The van der Waals surface area contributed by atoms with E-state index in [0.29, 0.717) is 17.3 Å². The van der Waals surface area contributed by atoms with Crippen molar-refractivity contribution in [3.8, 4) is 0 Å². The number of carbonyl (C=O) groups excluding carboxylic acids is 3. The summed E-state index contributed by atoms with van der Waals surface area (Å²) in [5, 5.41) is 12.5. The topological polar surface area (TPSA) is 145 Å². The van der Waals surface area contributed by atoms with E-state index >= 15 is 0 Å². The summed E-state index contributed by atoms with van der Waals surface area (Å²) in [6.45, 7) is 6.98. The lowest BCUT2D eigenvalue weighted by Gasteiger charge is -2.34. The van der Waals surface area contributed by atoms with Gasteiger partial charge in [-0.1, -0.05) is 30.0 Å². The lowest BCUT2D eigenvalue weighted by molar-refractivity contribution is -0.135. The highest BCUT2D eigenvalue weighted by Crippen LogP contribution is 2.27. The second-order valence-electron chi connectivity index (χ2n) is 8.68. The third-order valence-corrected chi connectivity index (χ3v) is 6.02. The van der Waals surface area contributed by atoms with Crippen molar-refractivity contribution in [3.05, 3.63) is 30.3 Å². The van der Waals surface area contributed by atoms with Gasteiger partial charge in [-0.3, -0.25) is 19.3 Å². The van der Waals surface area contributed by atoms with E-state index in [1.165, 1.54) is 28.5 Å². The molecule has 0 saturated carbocycles. The second kappa shape index (κ2) is 11.2. The molecule has 0 aliphatic carbocycles. The maximum absolute atomic E-state index is 13.1. The number of rotatable bonds is 9. The Kier molecular flexibility index (Phi) is 8.86. The normalized spacial score (nSPS) is 17.0. The van der Waals surface area contributed by atoms with Crippen LogP contribution in [0.1, 0.15) is 40.5 Å². The number of nitrogens with one attached hydrogen (secondary N) is 1. The standard InChI is InChI=1S/C22H31N5O5S/c1-14(18(23)29)24-19(30)16(11-8-12-26(21(31)32)22(2,3)4)27-17(28)13-33-20(27)25-15-9-6-5-7-10-15/h5-7,9-10,14,16H,8,11-13H2,1-4H3,(H2,23,29)(H,24,30)(H,31,32)/b25-20-/t14-,16-/m0/s1. The van der Waals surface area contributed by atoms with Gasteiger partial charge in [-0.2, -0.15) is 0 Å². The SMILES string of the molecule is C[C@H](NC(=O)[C@H](CCCN(C(=O)O)C(C)(C)C)N1C(=O)CS/C1=N\c1ccccc1)C(N)=O. The zero-order valence-corrected chi connectivity index (χ0v) is 20.1. The molecule has 180 valence electrons. The third-order valence-electron chi connectivity index (χ3n) is 5.08. The minimum atomic E-state index is -1.06. The first-order chi connectivity index (χ1) is 15.4. The summed E-state index contributed by atoms with van der Waals surface area (Å²) in [6.07, 6.45) is -0.568. The highest BCUT2D eigenvalue weighted by Gasteiger charge is 2.39. The third kappa shape index (κ3) is 7.21. The van der Waals surface area contributed by atoms with Crippen LogP contribution in [0.15, 0.2) is 35.3 Å². The van der Waals surface area contributed by atoms with Gasteiger partial charge < -0.3 is 21.1 Å². The van der Waals surface area contributed by atoms with Crippen molar-refractivity contribution in [1.29, 1.82) is 0 Å². The van der Waals surface area contributed by atoms with Crippen molar-refractivity contribution in [2.45, 2.75) is 58.2 Å². The summed E-state index contributed by atoms with van der Waals surface area (Å²) in [7, 11) is 0. The van der Waals surface area contributed by atoms with Gasteiger partial charge in [0, 0.05) is 12.1 Å². The first-order valence-corrected chi connectivity index (χ1v) is 11.6. The van der Waals surface area contributed by atoms with Gasteiger partial charge in [-0.15, -0.1) is 0 Å². The van der Waals surface area contributed by atoms with Crippen molar-refractivity contribution >= 4 is 46.4 Å². The van der Waals surface area contributed by atoms with Gasteiger partial charge in [0.25, 0.3) is 0 Å². The largest absolute Gasteiger partial charge is 0.465 e. The number of hydrogen-bond donors (Lipinski definition) is 3. The number of thioether (sulfide) groups is 1. The van der Waals surface area contributed by atoms with E-state index in [9.17, 15) is 24.3 Å². The molecule has 1 aromatic rings. The average molecular weight is 478 g/mol. The van der Waals surface area contributed by atoms with Crippen LogP contribution in [0.4, 0.5) is 10.5 Å². The van der Waals surface area contributed by atoms with Crippen LogP contribution < -0.4 is 11.1 Å². The van der Waals surface area contributed by atoms with Crippen LogP contribution in [0.3, 0.4) is 0 Å². The van der Waals surface area contributed by atoms with E-state index in [2.05, 4.69) is 10.3 Å². The Morgan fingerprint density at radius 1 is 1.27 bits per heavy atom. The molecular weight excluding hydrogens is 446 g/mol. The van der Waals surface area contributed by atoms with Crippen molar-refractivity contribution < 1.29 is 24.3 Å². The molecule has 2 atom stereocenters. The molecule has 0 unspecified atom stereocenters. The Morgan fingerprint density at radius 2 is 1.91 bits per heavy atom. The average Bonchev–Trinajstić information content (AvgIpc) is 3.07. The van der Waals surface area contributed by atoms with E-state index in [1.54, 1.807) is 32.9 Å². The summed E-state index contributed by atoms with van der Waals surface area (Å²) < 4.78 is 0. The van der Waals surface area contributed by atoms with Crippen LogP contribution in [0.5, 0.6) is 0 Å². The van der Waals surface area contributed by atoms with E-state index in [4.69, 9.17) is 5.73 Å². The number of primary amides is 1. The molecular formula is C22H31N5O5S. The Balaban J connectivity index is 2.30. The Labute approximate surface area is 197 Å². The smallest absolute Gasteiger partial charge is 0.407 e. The lowest BCUT2D eigenvalue weighted by Crippen LogP contribution is -2.54. The maximum atomic E-state index is 13.1. The van der Waals surface area contributed by atoms with Crippen molar-refractivity contribution in [1.82, 2.24) is 15.1 Å². The summed E-state index contributed by atoms with van der Waals surface area (Å²) in [5.74, 6) is -1.40. The molecule has 1 aliphatic rings. The van der Waals surface area contributed by atoms with Crippen molar-refractivity contribution in [2.75, 3.05) is 12.3 Å². The van der Waals surface area contributed by atoms with Gasteiger partial charge in [0.15, 0.2) is 5.17 Å². The van der Waals surface area contributed by atoms with E-state index < -0.39 is 35.5 Å². The lowest BCUT2D eigenvalue weighted by atomic mass is 10.0. The molecule has 1 fully saturated rings. The number of aliphatic imine (C=N–C) groups is 1.